The Morgan fingerprint density at radius 3 is 1.84 bits per heavy atom. The Bertz CT molecular complexity index is 1830. The van der Waals surface area contributed by atoms with Crippen molar-refractivity contribution in [2.75, 3.05) is 31.5 Å². The highest BCUT2D eigenvalue weighted by molar-refractivity contribution is 5.90. The van der Waals surface area contributed by atoms with E-state index in [1.54, 1.807) is 37.1 Å². The molecule has 256 valence electrons. The van der Waals surface area contributed by atoms with Gasteiger partial charge in [-0.2, -0.15) is 4.98 Å². The molecule has 0 fully saturated rings. The minimum Gasteiger partial charge on any atom is -0.497 e. The van der Waals surface area contributed by atoms with Crippen molar-refractivity contribution in [1.29, 1.82) is 0 Å². The second kappa shape index (κ2) is 16.6. The summed E-state index contributed by atoms with van der Waals surface area (Å²) in [5.41, 5.74) is 3.84. The van der Waals surface area contributed by atoms with Crippen LogP contribution in [-0.4, -0.2) is 47.9 Å². The first-order valence-corrected chi connectivity index (χ1v) is 16.7. The number of pyridine rings is 1. The lowest BCUT2D eigenvalue weighted by molar-refractivity contribution is 0.0600. The zero-order chi connectivity index (χ0) is 34.8. The predicted octanol–water partition coefficient (Wildman–Crippen LogP) is 7.23. The fourth-order valence-electron chi connectivity index (χ4n) is 5.88. The molecule has 0 bridgehead atoms. The molecular weight excluding hydrogens is 618 g/mol. The first-order chi connectivity index (χ1) is 23.8. The van der Waals surface area contributed by atoms with Gasteiger partial charge in [-0.05, 0) is 72.0 Å². The molecule has 3 aromatic carbocycles. The largest absolute Gasteiger partial charge is 0.497 e. The van der Waals surface area contributed by atoms with Crippen LogP contribution in [0.4, 0.5) is 11.8 Å². The zero-order valence-corrected chi connectivity index (χ0v) is 28.9. The third-order valence-electron chi connectivity index (χ3n) is 8.50. The molecule has 2 aromatic heterocycles. The average Bonchev–Trinajstić information content (AvgIpc) is 3.13. The van der Waals surface area contributed by atoms with Gasteiger partial charge in [-0.3, -0.25) is 4.79 Å². The summed E-state index contributed by atoms with van der Waals surface area (Å²) >= 11 is 0. The van der Waals surface area contributed by atoms with E-state index in [4.69, 9.17) is 24.2 Å². The number of esters is 1. The van der Waals surface area contributed by atoms with Crippen LogP contribution in [0, 0.1) is 0 Å². The van der Waals surface area contributed by atoms with E-state index in [0.717, 1.165) is 53.9 Å². The van der Waals surface area contributed by atoms with Crippen LogP contribution in [0.2, 0.25) is 0 Å². The second-order valence-corrected chi connectivity index (χ2v) is 12.0. The molecule has 49 heavy (non-hydrogen) atoms. The molecule has 2 heterocycles. The lowest BCUT2D eigenvalue weighted by Gasteiger charge is -2.26. The molecule has 0 amide bonds. The zero-order valence-electron chi connectivity index (χ0n) is 28.9. The van der Waals surface area contributed by atoms with E-state index in [9.17, 15) is 9.59 Å². The lowest BCUT2D eigenvalue weighted by atomic mass is 10.1. The van der Waals surface area contributed by atoms with Crippen LogP contribution < -0.4 is 25.2 Å². The number of fused-ring (bicyclic) bond motifs is 1. The molecule has 0 aliphatic carbocycles. The standard InChI is InChI=1S/C39H45N5O5/c1-6-8-31(9-7-2)40-36-35-34(22-23-43(37(35)45)24-27-10-16-30(17-11-27)38(46)49-5)41-39(42-36)44(25-28-12-18-32(47-3)19-13-28)26-29-14-20-33(48-4)21-15-29/h10-23,31H,6-9,24-26H2,1-5H3,(H,40,41,42). The Kier molecular flexibility index (Phi) is 11.9. The van der Waals surface area contributed by atoms with Gasteiger partial charge in [0, 0.05) is 25.3 Å². The molecule has 5 rings (SSSR count). The summed E-state index contributed by atoms with van der Waals surface area (Å²) in [4.78, 5) is 38.3. The number of nitrogens with one attached hydrogen (secondary N) is 1. The average molecular weight is 664 g/mol. The first-order valence-electron chi connectivity index (χ1n) is 16.7. The SMILES string of the molecule is CCCC(CCC)Nc1nc(N(Cc2ccc(OC)cc2)Cc2ccc(OC)cc2)nc2ccn(Cc3ccc(C(=O)OC)cc3)c(=O)c12. The number of benzene rings is 3. The number of rotatable bonds is 16. The number of aromatic nitrogens is 3. The number of anilines is 2. The van der Waals surface area contributed by atoms with Gasteiger partial charge in [0.2, 0.25) is 5.95 Å². The third kappa shape index (κ3) is 8.76. The van der Waals surface area contributed by atoms with E-state index in [0.29, 0.717) is 47.9 Å². The molecule has 0 saturated carbocycles. The van der Waals surface area contributed by atoms with Crippen LogP contribution in [0.1, 0.15) is 66.6 Å². The highest BCUT2D eigenvalue weighted by atomic mass is 16.5. The van der Waals surface area contributed by atoms with E-state index >= 15 is 0 Å². The number of nitrogens with zero attached hydrogens (tertiary/aromatic N) is 4. The minimum absolute atomic E-state index is 0.150. The van der Waals surface area contributed by atoms with E-state index < -0.39 is 5.97 Å². The summed E-state index contributed by atoms with van der Waals surface area (Å²) in [6.45, 7) is 5.72. The van der Waals surface area contributed by atoms with Crippen LogP contribution in [0.15, 0.2) is 89.9 Å². The van der Waals surface area contributed by atoms with Gasteiger partial charge in [0.25, 0.3) is 5.56 Å². The van der Waals surface area contributed by atoms with Crippen molar-refractivity contribution in [1.82, 2.24) is 14.5 Å². The van der Waals surface area contributed by atoms with Gasteiger partial charge in [-0.15, -0.1) is 0 Å². The Morgan fingerprint density at radius 1 is 0.776 bits per heavy atom. The molecule has 0 unspecified atom stereocenters. The van der Waals surface area contributed by atoms with Crippen LogP contribution in [0.25, 0.3) is 10.9 Å². The summed E-state index contributed by atoms with van der Waals surface area (Å²) < 4.78 is 17.3. The smallest absolute Gasteiger partial charge is 0.337 e. The van der Waals surface area contributed by atoms with Gasteiger partial charge in [-0.1, -0.05) is 63.1 Å². The number of carbonyl (C=O) groups excluding carboxylic acids is 1. The lowest BCUT2D eigenvalue weighted by Crippen LogP contribution is -2.28. The van der Waals surface area contributed by atoms with Crippen LogP contribution >= 0.6 is 0 Å². The molecule has 0 atom stereocenters. The van der Waals surface area contributed by atoms with Crippen LogP contribution in [0.3, 0.4) is 0 Å². The van der Waals surface area contributed by atoms with Gasteiger partial charge in [0.05, 0.1) is 39.0 Å². The van der Waals surface area contributed by atoms with Crippen molar-refractivity contribution in [2.24, 2.45) is 0 Å². The Labute approximate surface area is 287 Å². The van der Waals surface area contributed by atoms with Gasteiger partial charge < -0.3 is 29.0 Å². The number of ether oxygens (including phenoxy) is 3. The number of hydrogen-bond acceptors (Lipinski definition) is 9. The van der Waals surface area contributed by atoms with Crippen molar-refractivity contribution in [3.63, 3.8) is 0 Å². The first kappa shape index (κ1) is 34.9. The second-order valence-electron chi connectivity index (χ2n) is 12.0. The fraction of sp³-hybridized carbons (Fsp3) is 0.333. The normalized spacial score (nSPS) is 11.1. The highest BCUT2D eigenvalue weighted by Gasteiger charge is 2.20. The van der Waals surface area contributed by atoms with E-state index in [2.05, 4.69) is 24.1 Å². The Balaban J connectivity index is 1.59. The monoisotopic (exact) mass is 663 g/mol. The van der Waals surface area contributed by atoms with E-state index in [1.807, 2.05) is 66.7 Å². The molecule has 0 saturated heterocycles. The molecule has 0 spiro atoms. The quantitative estimate of drug-likeness (QED) is 0.109. The summed E-state index contributed by atoms with van der Waals surface area (Å²) in [5, 5.41) is 4.11. The van der Waals surface area contributed by atoms with Crippen molar-refractivity contribution < 1.29 is 19.0 Å². The molecule has 0 aliphatic rings. The molecule has 5 aromatic rings. The molecule has 10 heteroatoms. The van der Waals surface area contributed by atoms with E-state index in [1.165, 1.54) is 7.11 Å². The highest BCUT2D eigenvalue weighted by Crippen LogP contribution is 2.27. The fourth-order valence-corrected chi connectivity index (χ4v) is 5.88. The predicted molar refractivity (Wildman–Crippen MR) is 194 cm³/mol. The van der Waals surface area contributed by atoms with Crippen molar-refractivity contribution in [2.45, 2.75) is 65.2 Å². The van der Waals surface area contributed by atoms with E-state index in [-0.39, 0.29) is 11.6 Å². The maximum atomic E-state index is 14.2. The summed E-state index contributed by atoms with van der Waals surface area (Å²) in [6, 6.07) is 25.0. The topological polar surface area (TPSA) is 108 Å². The Morgan fingerprint density at radius 2 is 1.33 bits per heavy atom. The molecule has 0 radical (unpaired) electrons. The number of carbonyl (C=O) groups is 1. The van der Waals surface area contributed by atoms with Crippen LogP contribution in [-0.2, 0) is 24.4 Å². The molecule has 0 aliphatic heterocycles. The van der Waals surface area contributed by atoms with Gasteiger partial charge in [-0.25, -0.2) is 9.78 Å². The maximum absolute atomic E-state index is 14.2. The summed E-state index contributed by atoms with van der Waals surface area (Å²) in [5.74, 6) is 2.21. The van der Waals surface area contributed by atoms with Gasteiger partial charge in [0.1, 0.15) is 22.7 Å². The van der Waals surface area contributed by atoms with Crippen molar-refractivity contribution >= 4 is 28.6 Å². The Hall–Kier alpha value is -5.38. The summed E-state index contributed by atoms with van der Waals surface area (Å²) in [7, 11) is 4.66. The molecule has 10 nitrogen and oxygen atoms in total. The third-order valence-corrected chi connectivity index (χ3v) is 8.50. The van der Waals surface area contributed by atoms with Crippen LogP contribution in [0.5, 0.6) is 11.5 Å². The number of methoxy groups -OCH3 is 3. The number of hydrogen-bond donors (Lipinski definition) is 1. The molecule has 1 N–H and O–H groups in total. The van der Waals surface area contributed by atoms with Crippen molar-refractivity contribution in [3.05, 3.63) is 118 Å². The molecular formula is C39H45N5O5. The van der Waals surface area contributed by atoms with Gasteiger partial charge >= 0.3 is 5.97 Å². The maximum Gasteiger partial charge on any atom is 0.337 e. The van der Waals surface area contributed by atoms with Crippen molar-refractivity contribution in [3.8, 4) is 11.5 Å². The summed E-state index contributed by atoms with van der Waals surface area (Å²) in [6.07, 6.45) is 5.67. The minimum atomic E-state index is -0.403. The van der Waals surface area contributed by atoms with Gasteiger partial charge in [0.15, 0.2) is 0 Å².